The third-order valence-electron chi connectivity index (χ3n) is 2.47. The van der Waals surface area contributed by atoms with Crippen LogP contribution in [0.2, 0.25) is 0 Å². The summed E-state index contributed by atoms with van der Waals surface area (Å²) in [7, 11) is 1.86. The van der Waals surface area contributed by atoms with Crippen molar-refractivity contribution in [1.29, 1.82) is 0 Å². The lowest BCUT2D eigenvalue weighted by molar-refractivity contribution is 0.102. The third kappa shape index (κ3) is 2.84. The maximum Gasteiger partial charge on any atom is 0.255 e. The van der Waals surface area contributed by atoms with Gasteiger partial charge in [-0.2, -0.15) is 0 Å². The van der Waals surface area contributed by atoms with Crippen LogP contribution in [0.15, 0.2) is 54.6 Å². The van der Waals surface area contributed by atoms with Crippen molar-refractivity contribution in [1.82, 2.24) is 0 Å². The molecule has 0 radical (unpaired) electrons. The predicted octanol–water partition coefficient (Wildman–Crippen LogP) is 2.98. The molecule has 0 fully saturated rings. The van der Waals surface area contributed by atoms with Gasteiger partial charge in [0.1, 0.15) is 0 Å². The molecule has 3 heteroatoms. The molecule has 2 aromatic rings. The monoisotopic (exact) mass is 226 g/mol. The lowest BCUT2D eigenvalue weighted by Crippen LogP contribution is -2.11. The summed E-state index contributed by atoms with van der Waals surface area (Å²) in [5.74, 6) is -0.0946. The van der Waals surface area contributed by atoms with E-state index < -0.39 is 0 Å². The van der Waals surface area contributed by atoms with Gasteiger partial charge in [-0.3, -0.25) is 4.79 Å². The number of carbonyl (C=O) groups excluding carboxylic acids is 1. The summed E-state index contributed by atoms with van der Waals surface area (Å²) in [6.45, 7) is 0. The van der Waals surface area contributed by atoms with Crippen molar-refractivity contribution in [3.8, 4) is 0 Å². The Morgan fingerprint density at radius 3 is 2.06 bits per heavy atom. The Labute approximate surface area is 100 Å². The van der Waals surface area contributed by atoms with E-state index in [4.69, 9.17) is 0 Å². The van der Waals surface area contributed by atoms with Crippen molar-refractivity contribution in [2.75, 3.05) is 17.7 Å². The van der Waals surface area contributed by atoms with Crippen LogP contribution in [0, 0.1) is 0 Å². The summed E-state index contributed by atoms with van der Waals surface area (Å²) in [4.78, 5) is 11.8. The van der Waals surface area contributed by atoms with Crippen molar-refractivity contribution in [3.05, 3.63) is 60.2 Å². The molecule has 0 unspecified atom stereocenters. The van der Waals surface area contributed by atoms with Crippen LogP contribution < -0.4 is 10.6 Å². The highest BCUT2D eigenvalue weighted by molar-refractivity contribution is 6.04. The fourth-order valence-corrected chi connectivity index (χ4v) is 1.51. The number of hydrogen-bond donors (Lipinski definition) is 2. The minimum Gasteiger partial charge on any atom is -0.388 e. The summed E-state index contributed by atoms with van der Waals surface area (Å²) in [6, 6.07) is 16.7. The normalized spacial score (nSPS) is 9.71. The van der Waals surface area contributed by atoms with Crippen LogP contribution in [-0.2, 0) is 0 Å². The zero-order chi connectivity index (χ0) is 12.1. The van der Waals surface area contributed by atoms with Gasteiger partial charge in [0.15, 0.2) is 0 Å². The number of nitrogens with one attached hydrogen (secondary N) is 2. The summed E-state index contributed by atoms with van der Waals surface area (Å²) < 4.78 is 0. The average molecular weight is 226 g/mol. The van der Waals surface area contributed by atoms with Crippen molar-refractivity contribution in [2.45, 2.75) is 0 Å². The maximum absolute atomic E-state index is 11.8. The molecule has 0 bridgehead atoms. The van der Waals surface area contributed by atoms with Crippen LogP contribution in [0.3, 0.4) is 0 Å². The number of rotatable bonds is 3. The van der Waals surface area contributed by atoms with E-state index in [0.717, 1.165) is 11.4 Å². The van der Waals surface area contributed by atoms with Crippen molar-refractivity contribution < 1.29 is 4.79 Å². The molecule has 0 spiro atoms. The summed E-state index contributed by atoms with van der Waals surface area (Å²) >= 11 is 0. The van der Waals surface area contributed by atoms with E-state index in [-0.39, 0.29) is 5.91 Å². The van der Waals surface area contributed by atoms with Gasteiger partial charge in [0, 0.05) is 24.0 Å². The zero-order valence-corrected chi connectivity index (χ0v) is 9.60. The minimum atomic E-state index is -0.0946. The van der Waals surface area contributed by atoms with Crippen LogP contribution in [-0.4, -0.2) is 13.0 Å². The molecule has 0 aliphatic carbocycles. The van der Waals surface area contributed by atoms with Crippen LogP contribution >= 0.6 is 0 Å². The molecule has 0 aromatic heterocycles. The number of hydrogen-bond acceptors (Lipinski definition) is 2. The van der Waals surface area contributed by atoms with Gasteiger partial charge in [-0.15, -0.1) is 0 Å². The fraction of sp³-hybridized carbons (Fsp3) is 0.0714. The van der Waals surface area contributed by atoms with Gasteiger partial charge in [-0.05, 0) is 36.4 Å². The molecule has 0 atom stereocenters. The second-order valence-electron chi connectivity index (χ2n) is 3.65. The number of amides is 1. The first kappa shape index (κ1) is 11.2. The SMILES string of the molecule is CNc1ccc(NC(=O)c2ccccc2)cc1. The van der Waals surface area contributed by atoms with E-state index in [1.54, 1.807) is 12.1 Å². The lowest BCUT2D eigenvalue weighted by Gasteiger charge is -2.06. The third-order valence-corrected chi connectivity index (χ3v) is 2.47. The maximum atomic E-state index is 11.8. The molecule has 2 N–H and O–H groups in total. The van der Waals surface area contributed by atoms with Gasteiger partial charge in [0.2, 0.25) is 0 Å². The predicted molar refractivity (Wildman–Crippen MR) is 70.4 cm³/mol. The molecular weight excluding hydrogens is 212 g/mol. The first-order valence-electron chi connectivity index (χ1n) is 5.44. The van der Waals surface area contributed by atoms with E-state index in [9.17, 15) is 4.79 Å². The average Bonchev–Trinajstić information content (AvgIpc) is 2.40. The van der Waals surface area contributed by atoms with Crippen LogP contribution in [0.4, 0.5) is 11.4 Å². The Hall–Kier alpha value is -2.29. The molecule has 17 heavy (non-hydrogen) atoms. The summed E-state index contributed by atoms with van der Waals surface area (Å²) in [5, 5.41) is 5.87. The molecule has 0 saturated carbocycles. The van der Waals surface area contributed by atoms with E-state index in [2.05, 4.69) is 10.6 Å². The summed E-state index contributed by atoms with van der Waals surface area (Å²) in [5.41, 5.74) is 2.46. The number of carbonyl (C=O) groups is 1. The molecular formula is C14H14N2O. The van der Waals surface area contributed by atoms with Gasteiger partial charge in [0.05, 0.1) is 0 Å². The standard InChI is InChI=1S/C14H14N2O/c1-15-12-7-9-13(10-8-12)16-14(17)11-5-3-2-4-6-11/h2-10,15H,1H3,(H,16,17). The molecule has 0 saturated heterocycles. The molecule has 0 heterocycles. The Balaban J connectivity index is 2.08. The zero-order valence-electron chi connectivity index (χ0n) is 9.60. The van der Waals surface area contributed by atoms with Crippen LogP contribution in [0.1, 0.15) is 10.4 Å². The topological polar surface area (TPSA) is 41.1 Å². The molecule has 0 aliphatic heterocycles. The van der Waals surface area contributed by atoms with Gasteiger partial charge in [-0.1, -0.05) is 18.2 Å². The Morgan fingerprint density at radius 1 is 0.882 bits per heavy atom. The van der Waals surface area contributed by atoms with Crippen LogP contribution in [0.5, 0.6) is 0 Å². The van der Waals surface area contributed by atoms with Gasteiger partial charge < -0.3 is 10.6 Å². The first-order valence-corrected chi connectivity index (χ1v) is 5.44. The Morgan fingerprint density at radius 2 is 1.47 bits per heavy atom. The van der Waals surface area contributed by atoms with E-state index in [1.807, 2.05) is 49.5 Å². The largest absolute Gasteiger partial charge is 0.388 e. The fourth-order valence-electron chi connectivity index (χ4n) is 1.51. The minimum absolute atomic E-state index is 0.0946. The quantitative estimate of drug-likeness (QED) is 0.844. The van der Waals surface area contributed by atoms with Gasteiger partial charge >= 0.3 is 0 Å². The van der Waals surface area contributed by atoms with Crippen molar-refractivity contribution >= 4 is 17.3 Å². The van der Waals surface area contributed by atoms with Crippen LogP contribution in [0.25, 0.3) is 0 Å². The highest BCUT2D eigenvalue weighted by Crippen LogP contribution is 2.13. The molecule has 86 valence electrons. The van der Waals surface area contributed by atoms with E-state index in [1.165, 1.54) is 0 Å². The number of anilines is 2. The highest BCUT2D eigenvalue weighted by atomic mass is 16.1. The molecule has 0 aliphatic rings. The highest BCUT2D eigenvalue weighted by Gasteiger charge is 2.04. The molecule has 3 nitrogen and oxygen atoms in total. The van der Waals surface area contributed by atoms with Gasteiger partial charge in [0.25, 0.3) is 5.91 Å². The van der Waals surface area contributed by atoms with Crippen molar-refractivity contribution in [3.63, 3.8) is 0 Å². The second-order valence-corrected chi connectivity index (χ2v) is 3.65. The van der Waals surface area contributed by atoms with E-state index in [0.29, 0.717) is 5.56 Å². The van der Waals surface area contributed by atoms with E-state index >= 15 is 0 Å². The molecule has 2 aromatic carbocycles. The Kier molecular flexibility index (Phi) is 3.40. The Bertz CT molecular complexity index is 491. The first-order chi connectivity index (χ1) is 8.29. The molecule has 1 amide bonds. The lowest BCUT2D eigenvalue weighted by atomic mass is 10.2. The number of benzene rings is 2. The smallest absolute Gasteiger partial charge is 0.255 e. The van der Waals surface area contributed by atoms with Crippen molar-refractivity contribution in [2.24, 2.45) is 0 Å². The second kappa shape index (κ2) is 5.16. The summed E-state index contributed by atoms with van der Waals surface area (Å²) in [6.07, 6.45) is 0. The van der Waals surface area contributed by atoms with Gasteiger partial charge in [-0.25, -0.2) is 0 Å². The molecule has 2 rings (SSSR count).